The van der Waals surface area contributed by atoms with Crippen molar-refractivity contribution in [2.45, 2.75) is 6.42 Å². The van der Waals surface area contributed by atoms with Gasteiger partial charge in [-0.1, -0.05) is 0 Å². The number of benzene rings is 1. The zero-order chi connectivity index (χ0) is 11.8. The minimum Gasteiger partial charge on any atom is -0.497 e. The van der Waals surface area contributed by atoms with Crippen LogP contribution in [-0.2, 0) is 0 Å². The zero-order valence-corrected chi connectivity index (χ0v) is 10.4. The topological polar surface area (TPSA) is 45.0 Å². The summed E-state index contributed by atoms with van der Waals surface area (Å²) in [5, 5.41) is 12.2. The molecule has 0 aliphatic carbocycles. The molecule has 3 nitrogen and oxygen atoms in total. The van der Waals surface area contributed by atoms with Gasteiger partial charge >= 0.3 is 0 Å². The van der Waals surface area contributed by atoms with E-state index in [9.17, 15) is 0 Å². The summed E-state index contributed by atoms with van der Waals surface area (Å²) in [4.78, 5) is 0. The van der Waals surface area contributed by atoms with Crippen molar-refractivity contribution in [3.8, 4) is 11.8 Å². The van der Waals surface area contributed by atoms with Crippen molar-refractivity contribution < 1.29 is 4.74 Å². The van der Waals surface area contributed by atoms with Crippen LogP contribution in [0.1, 0.15) is 12.0 Å². The van der Waals surface area contributed by atoms with Crippen molar-refractivity contribution in [2.75, 3.05) is 31.0 Å². The van der Waals surface area contributed by atoms with Crippen molar-refractivity contribution in [1.82, 2.24) is 0 Å². The molecule has 0 aliphatic heterocycles. The SMILES string of the molecule is COc1ccc(C#N)c(NCCCSC)c1. The molecule has 0 unspecified atom stereocenters. The van der Waals surface area contributed by atoms with Gasteiger partial charge in [-0.15, -0.1) is 0 Å². The van der Waals surface area contributed by atoms with Crippen molar-refractivity contribution in [3.63, 3.8) is 0 Å². The second kappa shape index (κ2) is 7.02. The van der Waals surface area contributed by atoms with Gasteiger partial charge in [-0.2, -0.15) is 17.0 Å². The zero-order valence-electron chi connectivity index (χ0n) is 9.62. The maximum absolute atomic E-state index is 8.95. The second-order valence-electron chi connectivity index (χ2n) is 3.30. The maximum atomic E-state index is 8.95. The summed E-state index contributed by atoms with van der Waals surface area (Å²) in [5.41, 5.74) is 1.51. The van der Waals surface area contributed by atoms with Gasteiger partial charge in [0, 0.05) is 12.6 Å². The number of hydrogen-bond acceptors (Lipinski definition) is 4. The van der Waals surface area contributed by atoms with Gasteiger partial charge in [0.2, 0.25) is 0 Å². The second-order valence-corrected chi connectivity index (χ2v) is 4.28. The molecular weight excluding hydrogens is 220 g/mol. The Balaban J connectivity index is 2.65. The Morgan fingerprint density at radius 3 is 2.94 bits per heavy atom. The summed E-state index contributed by atoms with van der Waals surface area (Å²) < 4.78 is 5.13. The molecule has 86 valence electrons. The van der Waals surface area contributed by atoms with E-state index in [4.69, 9.17) is 10.00 Å². The number of nitriles is 1. The van der Waals surface area contributed by atoms with Gasteiger partial charge in [0.15, 0.2) is 0 Å². The highest BCUT2D eigenvalue weighted by Gasteiger charge is 2.02. The van der Waals surface area contributed by atoms with Crippen molar-refractivity contribution in [3.05, 3.63) is 23.8 Å². The third kappa shape index (κ3) is 3.67. The van der Waals surface area contributed by atoms with Crippen LogP contribution in [0.25, 0.3) is 0 Å². The van der Waals surface area contributed by atoms with Crippen LogP contribution in [0, 0.1) is 11.3 Å². The molecule has 1 aromatic rings. The fraction of sp³-hybridized carbons (Fsp3) is 0.417. The van der Waals surface area contributed by atoms with Crippen LogP contribution in [0.4, 0.5) is 5.69 Å². The van der Waals surface area contributed by atoms with Crippen molar-refractivity contribution >= 4 is 17.4 Å². The molecule has 0 bridgehead atoms. The van der Waals surface area contributed by atoms with E-state index in [1.54, 1.807) is 19.2 Å². The number of ether oxygens (including phenoxy) is 1. The maximum Gasteiger partial charge on any atom is 0.121 e. The average molecular weight is 236 g/mol. The van der Waals surface area contributed by atoms with Crippen LogP contribution in [-0.4, -0.2) is 25.7 Å². The van der Waals surface area contributed by atoms with Gasteiger partial charge in [-0.25, -0.2) is 0 Å². The summed E-state index contributed by atoms with van der Waals surface area (Å²) in [7, 11) is 1.62. The fourth-order valence-electron chi connectivity index (χ4n) is 1.33. The summed E-state index contributed by atoms with van der Waals surface area (Å²) in [6, 6.07) is 7.59. The van der Waals surface area contributed by atoms with Crippen LogP contribution in [0.3, 0.4) is 0 Å². The molecule has 0 saturated heterocycles. The quantitative estimate of drug-likeness (QED) is 0.771. The molecule has 4 heteroatoms. The van der Waals surface area contributed by atoms with E-state index in [1.165, 1.54) is 0 Å². The average Bonchev–Trinajstić information content (AvgIpc) is 2.34. The molecule has 0 aliphatic rings. The molecule has 0 spiro atoms. The molecule has 0 aromatic heterocycles. The number of hydrogen-bond donors (Lipinski definition) is 1. The molecule has 1 rings (SSSR count). The smallest absolute Gasteiger partial charge is 0.121 e. The van der Waals surface area contributed by atoms with Gasteiger partial charge in [0.25, 0.3) is 0 Å². The highest BCUT2D eigenvalue weighted by Crippen LogP contribution is 2.21. The van der Waals surface area contributed by atoms with E-state index < -0.39 is 0 Å². The third-order valence-corrected chi connectivity index (χ3v) is 2.88. The lowest BCUT2D eigenvalue weighted by atomic mass is 10.2. The lowest BCUT2D eigenvalue weighted by Crippen LogP contribution is -2.04. The summed E-state index contributed by atoms with van der Waals surface area (Å²) in [5.74, 6) is 1.89. The normalized spacial score (nSPS) is 9.56. The van der Waals surface area contributed by atoms with Gasteiger partial charge < -0.3 is 10.1 Å². The fourth-order valence-corrected chi connectivity index (χ4v) is 1.77. The van der Waals surface area contributed by atoms with E-state index in [2.05, 4.69) is 17.6 Å². The van der Waals surface area contributed by atoms with Gasteiger partial charge in [0.1, 0.15) is 11.8 Å². The Labute approximate surface area is 101 Å². The minimum atomic E-state index is 0.657. The Kier molecular flexibility index (Phi) is 5.58. The van der Waals surface area contributed by atoms with Crippen LogP contribution < -0.4 is 10.1 Å². The van der Waals surface area contributed by atoms with E-state index in [1.807, 2.05) is 17.8 Å². The molecule has 0 radical (unpaired) electrons. The Morgan fingerprint density at radius 2 is 2.31 bits per heavy atom. The summed E-state index contributed by atoms with van der Waals surface area (Å²) in [6.45, 7) is 0.878. The lowest BCUT2D eigenvalue weighted by molar-refractivity contribution is 0.415. The first kappa shape index (κ1) is 12.7. The van der Waals surface area contributed by atoms with E-state index in [0.717, 1.165) is 30.2 Å². The van der Waals surface area contributed by atoms with E-state index in [-0.39, 0.29) is 0 Å². The van der Waals surface area contributed by atoms with Gasteiger partial charge in [0.05, 0.1) is 18.4 Å². The molecule has 0 heterocycles. The molecule has 1 aromatic carbocycles. The van der Waals surface area contributed by atoms with Crippen LogP contribution in [0.15, 0.2) is 18.2 Å². The number of thioether (sulfide) groups is 1. The molecule has 1 N–H and O–H groups in total. The largest absolute Gasteiger partial charge is 0.497 e. The predicted molar refractivity (Wildman–Crippen MR) is 69.2 cm³/mol. The van der Waals surface area contributed by atoms with Crippen LogP contribution in [0.5, 0.6) is 5.75 Å². The van der Waals surface area contributed by atoms with E-state index >= 15 is 0 Å². The highest BCUT2D eigenvalue weighted by molar-refractivity contribution is 7.98. The monoisotopic (exact) mass is 236 g/mol. The Hall–Kier alpha value is -1.34. The van der Waals surface area contributed by atoms with Crippen LogP contribution in [0.2, 0.25) is 0 Å². The Bertz CT molecular complexity index is 374. The molecule has 0 fully saturated rings. The minimum absolute atomic E-state index is 0.657. The predicted octanol–water partition coefficient (Wildman–Crippen LogP) is 2.73. The first-order valence-electron chi connectivity index (χ1n) is 5.12. The first-order valence-corrected chi connectivity index (χ1v) is 6.52. The molecule has 0 saturated carbocycles. The van der Waals surface area contributed by atoms with Crippen molar-refractivity contribution in [1.29, 1.82) is 5.26 Å². The first-order chi connectivity index (χ1) is 7.81. The van der Waals surface area contributed by atoms with Gasteiger partial charge in [-0.3, -0.25) is 0 Å². The molecular formula is C12H16N2OS. The molecule has 0 atom stereocenters. The number of anilines is 1. The molecule has 0 amide bonds. The Morgan fingerprint density at radius 1 is 1.50 bits per heavy atom. The number of rotatable bonds is 6. The standard InChI is InChI=1S/C12H16N2OS/c1-15-11-5-4-10(9-13)12(8-11)14-6-3-7-16-2/h4-5,8,14H,3,6-7H2,1-2H3. The van der Waals surface area contributed by atoms with E-state index in [0.29, 0.717) is 5.56 Å². The number of nitrogens with zero attached hydrogens (tertiary/aromatic N) is 1. The lowest BCUT2D eigenvalue weighted by Gasteiger charge is -2.09. The summed E-state index contributed by atoms with van der Waals surface area (Å²) >= 11 is 1.82. The number of methoxy groups -OCH3 is 1. The van der Waals surface area contributed by atoms with Crippen molar-refractivity contribution in [2.24, 2.45) is 0 Å². The summed E-state index contributed by atoms with van der Waals surface area (Å²) in [6.07, 6.45) is 3.18. The molecule has 16 heavy (non-hydrogen) atoms. The van der Waals surface area contributed by atoms with Crippen LogP contribution >= 0.6 is 11.8 Å². The van der Waals surface area contributed by atoms with Gasteiger partial charge in [-0.05, 0) is 30.6 Å². The third-order valence-electron chi connectivity index (χ3n) is 2.19. The number of nitrogens with one attached hydrogen (secondary N) is 1. The highest BCUT2D eigenvalue weighted by atomic mass is 32.2.